The van der Waals surface area contributed by atoms with E-state index in [0.29, 0.717) is 18.0 Å². The van der Waals surface area contributed by atoms with Crippen LogP contribution >= 0.6 is 0 Å². The van der Waals surface area contributed by atoms with Crippen LogP contribution in [0.25, 0.3) is 0 Å². The number of aromatic carboxylic acids is 1. The van der Waals surface area contributed by atoms with Gasteiger partial charge in [0.25, 0.3) is 0 Å². The number of anilines is 1. The van der Waals surface area contributed by atoms with Crippen LogP contribution in [-0.2, 0) is 6.54 Å². The van der Waals surface area contributed by atoms with Crippen molar-refractivity contribution >= 4 is 11.7 Å². The molecule has 1 aromatic carbocycles. The van der Waals surface area contributed by atoms with Gasteiger partial charge >= 0.3 is 5.97 Å². The molecule has 1 heterocycles. The third-order valence-electron chi connectivity index (χ3n) is 2.70. The van der Waals surface area contributed by atoms with Crippen molar-refractivity contribution in [3.8, 4) is 5.75 Å². The van der Waals surface area contributed by atoms with Gasteiger partial charge < -0.3 is 15.2 Å². The van der Waals surface area contributed by atoms with Crippen LogP contribution in [0, 0.1) is 0 Å². The maximum absolute atomic E-state index is 11.2. The average molecular weight is 258 g/mol. The summed E-state index contributed by atoms with van der Waals surface area (Å²) < 4.78 is 5.19. The van der Waals surface area contributed by atoms with Crippen molar-refractivity contribution in [1.29, 1.82) is 0 Å². The second-order valence-electron chi connectivity index (χ2n) is 3.90. The van der Waals surface area contributed by atoms with Crippen molar-refractivity contribution in [3.05, 3.63) is 53.9 Å². The first kappa shape index (κ1) is 12.9. The van der Waals surface area contributed by atoms with Crippen molar-refractivity contribution in [3.63, 3.8) is 0 Å². The molecule has 0 aliphatic heterocycles. The number of methoxy groups -OCH3 is 1. The van der Waals surface area contributed by atoms with E-state index >= 15 is 0 Å². The van der Waals surface area contributed by atoms with Crippen LogP contribution in [0.4, 0.5) is 5.69 Å². The van der Waals surface area contributed by atoms with Crippen molar-refractivity contribution in [1.82, 2.24) is 4.98 Å². The summed E-state index contributed by atoms with van der Waals surface area (Å²) in [7, 11) is 1.51. The third-order valence-corrected chi connectivity index (χ3v) is 2.70. The topological polar surface area (TPSA) is 71.5 Å². The first-order valence-corrected chi connectivity index (χ1v) is 5.75. The van der Waals surface area contributed by atoms with Gasteiger partial charge in [-0.3, -0.25) is 4.98 Å². The van der Waals surface area contributed by atoms with Crippen LogP contribution in [0.1, 0.15) is 15.9 Å². The summed E-state index contributed by atoms with van der Waals surface area (Å²) in [6, 6.07) is 8.65. The highest BCUT2D eigenvalue weighted by molar-refractivity contribution is 5.95. The molecule has 98 valence electrons. The van der Waals surface area contributed by atoms with Crippen molar-refractivity contribution in [2.45, 2.75) is 6.54 Å². The van der Waals surface area contributed by atoms with Crippen molar-refractivity contribution < 1.29 is 14.6 Å². The minimum Gasteiger partial charge on any atom is -0.495 e. The Morgan fingerprint density at radius 3 is 2.68 bits per heavy atom. The van der Waals surface area contributed by atoms with Gasteiger partial charge in [-0.15, -0.1) is 0 Å². The summed E-state index contributed by atoms with van der Waals surface area (Å²) in [5.41, 5.74) is 1.68. The van der Waals surface area contributed by atoms with Gasteiger partial charge in [0.2, 0.25) is 0 Å². The molecule has 0 saturated heterocycles. The highest BCUT2D eigenvalue weighted by Gasteiger charge is 2.14. The first-order chi connectivity index (χ1) is 9.22. The van der Waals surface area contributed by atoms with Gasteiger partial charge in [0.05, 0.1) is 18.4 Å². The molecule has 0 radical (unpaired) electrons. The average Bonchev–Trinajstić information content (AvgIpc) is 2.45. The summed E-state index contributed by atoms with van der Waals surface area (Å²) >= 11 is 0. The molecule has 0 aliphatic rings. The predicted molar refractivity (Wildman–Crippen MR) is 71.5 cm³/mol. The van der Waals surface area contributed by atoms with Crippen LogP contribution in [0.5, 0.6) is 5.75 Å². The molecular weight excluding hydrogens is 244 g/mol. The van der Waals surface area contributed by atoms with E-state index < -0.39 is 5.97 Å². The molecule has 2 aromatic rings. The Kier molecular flexibility index (Phi) is 3.97. The standard InChI is InChI=1S/C14H14N2O3/c1-19-12-4-2-3-11(14(17)18)13(12)16-9-10-5-7-15-8-6-10/h2-8,16H,9H2,1H3,(H,17,18). The summed E-state index contributed by atoms with van der Waals surface area (Å²) in [4.78, 5) is 15.1. The van der Waals surface area contributed by atoms with E-state index in [-0.39, 0.29) is 5.56 Å². The van der Waals surface area contributed by atoms with E-state index in [1.165, 1.54) is 7.11 Å². The normalized spacial score (nSPS) is 9.95. The molecule has 0 fully saturated rings. The van der Waals surface area contributed by atoms with Crippen molar-refractivity contribution in [2.75, 3.05) is 12.4 Å². The minimum atomic E-state index is -0.990. The monoisotopic (exact) mass is 258 g/mol. The number of benzene rings is 1. The number of para-hydroxylation sites is 1. The Morgan fingerprint density at radius 1 is 1.32 bits per heavy atom. The number of nitrogens with zero attached hydrogens (tertiary/aromatic N) is 1. The zero-order chi connectivity index (χ0) is 13.7. The molecule has 0 atom stereocenters. The maximum atomic E-state index is 11.2. The zero-order valence-corrected chi connectivity index (χ0v) is 10.5. The maximum Gasteiger partial charge on any atom is 0.337 e. The van der Waals surface area contributed by atoms with Gasteiger partial charge in [-0.25, -0.2) is 4.79 Å². The molecule has 0 aliphatic carbocycles. The van der Waals surface area contributed by atoms with Gasteiger partial charge in [-0.2, -0.15) is 0 Å². The number of hydrogen-bond acceptors (Lipinski definition) is 4. The smallest absolute Gasteiger partial charge is 0.337 e. The SMILES string of the molecule is COc1cccc(C(=O)O)c1NCc1ccncc1. The van der Waals surface area contributed by atoms with Crippen LogP contribution in [0.2, 0.25) is 0 Å². The molecular formula is C14H14N2O3. The third kappa shape index (κ3) is 3.01. The van der Waals surface area contributed by atoms with E-state index in [1.807, 2.05) is 12.1 Å². The lowest BCUT2D eigenvalue weighted by Gasteiger charge is -2.13. The molecule has 5 heteroatoms. The fourth-order valence-corrected chi connectivity index (χ4v) is 1.75. The van der Waals surface area contributed by atoms with Gasteiger partial charge in [0, 0.05) is 18.9 Å². The van der Waals surface area contributed by atoms with Crippen LogP contribution < -0.4 is 10.1 Å². The highest BCUT2D eigenvalue weighted by atomic mass is 16.5. The fraction of sp³-hybridized carbons (Fsp3) is 0.143. The second kappa shape index (κ2) is 5.86. The number of carbonyl (C=O) groups is 1. The Hall–Kier alpha value is -2.56. The number of carboxylic acid groups (broad SMARTS) is 1. The number of nitrogens with one attached hydrogen (secondary N) is 1. The summed E-state index contributed by atoms with van der Waals surface area (Å²) in [6.07, 6.45) is 3.38. The lowest BCUT2D eigenvalue weighted by Crippen LogP contribution is -2.08. The molecule has 0 bridgehead atoms. The number of pyridine rings is 1. The van der Waals surface area contributed by atoms with Gasteiger partial charge in [0.15, 0.2) is 0 Å². The largest absolute Gasteiger partial charge is 0.495 e. The van der Waals surface area contributed by atoms with Crippen LogP contribution in [-0.4, -0.2) is 23.2 Å². The lowest BCUT2D eigenvalue weighted by atomic mass is 10.1. The molecule has 0 saturated carbocycles. The van der Waals surface area contributed by atoms with Crippen LogP contribution in [0.15, 0.2) is 42.7 Å². The minimum absolute atomic E-state index is 0.188. The quantitative estimate of drug-likeness (QED) is 0.861. The number of aromatic nitrogens is 1. The van der Waals surface area contributed by atoms with Crippen molar-refractivity contribution in [2.24, 2.45) is 0 Å². The first-order valence-electron chi connectivity index (χ1n) is 5.75. The zero-order valence-electron chi connectivity index (χ0n) is 10.5. The molecule has 2 rings (SSSR count). The summed E-state index contributed by atoms with van der Waals surface area (Å²) in [6.45, 7) is 0.503. The number of carboxylic acids is 1. The molecule has 1 aromatic heterocycles. The summed E-state index contributed by atoms with van der Waals surface area (Å²) in [5, 5.41) is 12.3. The molecule has 19 heavy (non-hydrogen) atoms. The highest BCUT2D eigenvalue weighted by Crippen LogP contribution is 2.28. The molecule has 2 N–H and O–H groups in total. The van der Waals surface area contributed by atoms with Crippen LogP contribution in [0.3, 0.4) is 0 Å². The molecule has 5 nitrogen and oxygen atoms in total. The number of ether oxygens (including phenoxy) is 1. The van der Waals surface area contributed by atoms with E-state index in [0.717, 1.165) is 5.56 Å². The lowest BCUT2D eigenvalue weighted by molar-refractivity contribution is 0.0697. The van der Waals surface area contributed by atoms with Gasteiger partial charge in [-0.05, 0) is 29.8 Å². The van der Waals surface area contributed by atoms with Gasteiger partial charge in [0.1, 0.15) is 5.75 Å². The molecule has 0 amide bonds. The molecule has 0 unspecified atom stereocenters. The molecule has 0 spiro atoms. The van der Waals surface area contributed by atoms with E-state index in [9.17, 15) is 9.90 Å². The second-order valence-corrected chi connectivity index (χ2v) is 3.90. The Bertz CT molecular complexity index is 570. The van der Waals surface area contributed by atoms with E-state index in [4.69, 9.17) is 4.74 Å². The Balaban J connectivity index is 2.25. The van der Waals surface area contributed by atoms with Gasteiger partial charge in [-0.1, -0.05) is 6.07 Å². The van der Waals surface area contributed by atoms with E-state index in [2.05, 4.69) is 10.3 Å². The summed E-state index contributed by atoms with van der Waals surface area (Å²) in [5.74, 6) is -0.481. The Morgan fingerprint density at radius 2 is 2.05 bits per heavy atom. The number of hydrogen-bond donors (Lipinski definition) is 2. The predicted octanol–water partition coefficient (Wildman–Crippen LogP) is 2.40. The fourth-order valence-electron chi connectivity index (χ4n) is 1.75. The number of rotatable bonds is 5. The Labute approximate surface area is 110 Å². The van der Waals surface area contributed by atoms with E-state index in [1.54, 1.807) is 30.6 Å².